The van der Waals surface area contributed by atoms with Gasteiger partial charge >= 0.3 is 0 Å². The van der Waals surface area contributed by atoms with Gasteiger partial charge in [0.2, 0.25) is 0 Å². The summed E-state index contributed by atoms with van der Waals surface area (Å²) in [4.78, 5) is 9.07. The molecule has 1 heterocycles. The fourth-order valence-corrected chi connectivity index (χ4v) is 2.74. The number of nitrogens with zero attached hydrogens (tertiary/aromatic N) is 2. The van der Waals surface area contributed by atoms with Gasteiger partial charge in [-0.25, -0.2) is 14.4 Å². The van der Waals surface area contributed by atoms with Crippen LogP contribution in [0.1, 0.15) is 23.9 Å². The van der Waals surface area contributed by atoms with E-state index in [0.717, 1.165) is 23.4 Å². The van der Waals surface area contributed by atoms with Gasteiger partial charge in [-0.15, -0.1) is 0 Å². The molecule has 21 heavy (non-hydrogen) atoms. The molecule has 0 radical (unpaired) electrons. The van der Waals surface area contributed by atoms with Crippen LogP contribution in [-0.2, 0) is 6.42 Å². The summed E-state index contributed by atoms with van der Waals surface area (Å²) < 4.78 is 14.2. The van der Waals surface area contributed by atoms with E-state index in [9.17, 15) is 4.39 Å². The van der Waals surface area contributed by atoms with Gasteiger partial charge in [0.15, 0.2) is 5.82 Å². The average molecular weight is 352 g/mol. The smallest absolute Gasteiger partial charge is 0.159 e. The number of aromatic nitrogens is 2. The van der Waals surface area contributed by atoms with Gasteiger partial charge in [-0.2, -0.15) is 0 Å². The first-order valence-corrected chi connectivity index (χ1v) is 7.70. The fraction of sp³-hybridized carbons (Fsp3) is 0.375. The molecule has 112 valence electrons. The maximum atomic E-state index is 13.5. The van der Waals surface area contributed by atoms with Crippen LogP contribution in [0.2, 0.25) is 0 Å². The molecule has 1 aromatic heterocycles. The minimum absolute atomic E-state index is 0.306. The summed E-state index contributed by atoms with van der Waals surface area (Å²) in [5.41, 5.74) is 9.35. The van der Waals surface area contributed by atoms with E-state index in [1.807, 2.05) is 19.9 Å². The minimum Gasteiger partial charge on any atom is -0.330 e. The van der Waals surface area contributed by atoms with Crippen LogP contribution in [0.3, 0.4) is 0 Å². The second-order valence-corrected chi connectivity index (χ2v) is 6.32. The number of benzene rings is 1. The summed E-state index contributed by atoms with van der Waals surface area (Å²) >= 11 is 3.29. The number of halogens is 2. The van der Waals surface area contributed by atoms with Crippen molar-refractivity contribution in [2.45, 2.75) is 27.2 Å². The average Bonchev–Trinajstić information content (AvgIpc) is 2.41. The lowest BCUT2D eigenvalue weighted by molar-refractivity contribution is 0.586. The Hall–Kier alpha value is -1.33. The van der Waals surface area contributed by atoms with E-state index in [4.69, 9.17) is 5.73 Å². The highest BCUT2D eigenvalue weighted by molar-refractivity contribution is 9.10. The number of aryl methyl sites for hydroxylation is 2. The molecular formula is C16H19BrFN3. The number of rotatable bonds is 4. The first kappa shape index (κ1) is 16.0. The zero-order valence-electron chi connectivity index (χ0n) is 12.5. The normalized spacial score (nSPS) is 12.5. The summed E-state index contributed by atoms with van der Waals surface area (Å²) in [6.07, 6.45) is 0.862. The maximum Gasteiger partial charge on any atom is 0.159 e. The number of hydrogen-bond acceptors (Lipinski definition) is 3. The Labute approximate surface area is 132 Å². The highest BCUT2D eigenvalue weighted by atomic mass is 79.9. The molecule has 0 saturated carbocycles. The van der Waals surface area contributed by atoms with Crippen molar-refractivity contribution < 1.29 is 4.39 Å². The first-order chi connectivity index (χ1) is 9.90. The Kier molecular flexibility index (Phi) is 5.06. The van der Waals surface area contributed by atoms with Gasteiger partial charge in [-0.1, -0.05) is 22.9 Å². The van der Waals surface area contributed by atoms with Crippen molar-refractivity contribution in [3.05, 3.63) is 45.4 Å². The van der Waals surface area contributed by atoms with Crippen molar-refractivity contribution in [2.24, 2.45) is 11.7 Å². The van der Waals surface area contributed by atoms with Crippen LogP contribution in [0, 0.1) is 25.6 Å². The highest BCUT2D eigenvalue weighted by Gasteiger charge is 2.13. The fourth-order valence-electron chi connectivity index (χ4n) is 2.28. The predicted molar refractivity (Wildman–Crippen MR) is 86.5 cm³/mol. The summed E-state index contributed by atoms with van der Waals surface area (Å²) in [7, 11) is 0. The van der Waals surface area contributed by atoms with Crippen LogP contribution in [0.25, 0.3) is 11.4 Å². The molecule has 0 aliphatic rings. The zero-order valence-corrected chi connectivity index (χ0v) is 14.0. The lowest BCUT2D eigenvalue weighted by Crippen LogP contribution is -2.15. The highest BCUT2D eigenvalue weighted by Crippen LogP contribution is 2.24. The van der Waals surface area contributed by atoms with Crippen molar-refractivity contribution >= 4 is 15.9 Å². The van der Waals surface area contributed by atoms with E-state index in [-0.39, 0.29) is 5.82 Å². The van der Waals surface area contributed by atoms with Gasteiger partial charge in [0.05, 0.1) is 0 Å². The van der Waals surface area contributed by atoms with Gasteiger partial charge in [-0.05, 0) is 56.5 Å². The molecule has 5 heteroatoms. The molecule has 1 atom stereocenters. The molecule has 2 rings (SSSR count). The Morgan fingerprint density at radius 3 is 2.33 bits per heavy atom. The van der Waals surface area contributed by atoms with Crippen molar-refractivity contribution in [2.75, 3.05) is 6.54 Å². The molecule has 3 nitrogen and oxygen atoms in total. The number of nitrogens with two attached hydrogens (primary N) is 1. The van der Waals surface area contributed by atoms with Gasteiger partial charge in [0.1, 0.15) is 5.82 Å². The van der Waals surface area contributed by atoms with E-state index < -0.39 is 0 Å². The van der Waals surface area contributed by atoms with Crippen molar-refractivity contribution in [3.8, 4) is 11.4 Å². The molecular weight excluding hydrogens is 333 g/mol. The van der Waals surface area contributed by atoms with Crippen LogP contribution in [-0.4, -0.2) is 16.5 Å². The second kappa shape index (κ2) is 6.62. The van der Waals surface area contributed by atoms with Crippen molar-refractivity contribution in [1.29, 1.82) is 0 Å². The van der Waals surface area contributed by atoms with Crippen molar-refractivity contribution in [1.82, 2.24) is 9.97 Å². The first-order valence-electron chi connectivity index (χ1n) is 6.91. The van der Waals surface area contributed by atoms with Crippen LogP contribution in [0.4, 0.5) is 4.39 Å². The molecule has 0 bridgehead atoms. The van der Waals surface area contributed by atoms with E-state index in [1.165, 1.54) is 12.1 Å². The van der Waals surface area contributed by atoms with E-state index in [2.05, 4.69) is 32.8 Å². The second-order valence-electron chi connectivity index (χ2n) is 5.40. The summed E-state index contributed by atoms with van der Waals surface area (Å²) in [6, 6.07) is 4.68. The van der Waals surface area contributed by atoms with Gasteiger partial charge in [-0.3, -0.25) is 0 Å². The monoisotopic (exact) mass is 351 g/mol. The zero-order chi connectivity index (χ0) is 15.6. The topological polar surface area (TPSA) is 51.8 Å². The summed E-state index contributed by atoms with van der Waals surface area (Å²) in [5, 5.41) is 0. The molecule has 0 aliphatic heterocycles. The summed E-state index contributed by atoms with van der Waals surface area (Å²) in [6.45, 7) is 6.67. The lowest BCUT2D eigenvalue weighted by Gasteiger charge is -2.14. The van der Waals surface area contributed by atoms with Gasteiger partial charge in [0.25, 0.3) is 0 Å². The maximum absolute atomic E-state index is 13.5. The predicted octanol–water partition coefficient (Wildman–Crippen LogP) is 3.80. The SMILES string of the molecule is Cc1nc(-c2cc(F)cc(Br)c2)nc(C)c1CC(C)CN. The molecule has 0 spiro atoms. The molecule has 1 aromatic carbocycles. The molecule has 2 N–H and O–H groups in total. The Balaban J connectivity index is 2.43. The summed E-state index contributed by atoms with van der Waals surface area (Å²) in [5.74, 6) is 0.633. The quantitative estimate of drug-likeness (QED) is 0.911. The van der Waals surface area contributed by atoms with Crippen molar-refractivity contribution in [3.63, 3.8) is 0 Å². The van der Waals surface area contributed by atoms with Crippen LogP contribution in [0.5, 0.6) is 0 Å². The van der Waals surface area contributed by atoms with E-state index in [1.54, 1.807) is 0 Å². The Morgan fingerprint density at radius 1 is 1.19 bits per heavy atom. The van der Waals surface area contributed by atoms with Gasteiger partial charge < -0.3 is 5.73 Å². The third-order valence-corrected chi connectivity index (χ3v) is 3.95. The van der Waals surface area contributed by atoms with Crippen LogP contribution < -0.4 is 5.73 Å². The van der Waals surface area contributed by atoms with E-state index >= 15 is 0 Å². The Bertz CT molecular complexity index is 615. The third kappa shape index (κ3) is 3.86. The van der Waals surface area contributed by atoms with E-state index in [0.29, 0.717) is 28.3 Å². The largest absolute Gasteiger partial charge is 0.330 e. The Morgan fingerprint density at radius 2 is 1.81 bits per heavy atom. The lowest BCUT2D eigenvalue weighted by atomic mass is 9.99. The van der Waals surface area contributed by atoms with Crippen LogP contribution >= 0.6 is 15.9 Å². The van der Waals surface area contributed by atoms with Gasteiger partial charge in [0, 0.05) is 21.4 Å². The molecule has 1 unspecified atom stereocenters. The standard InChI is InChI=1S/C16H19BrFN3/c1-9(8-19)4-15-10(2)20-16(21-11(15)3)12-5-13(17)7-14(18)6-12/h5-7,9H,4,8,19H2,1-3H3. The van der Waals surface area contributed by atoms with Crippen LogP contribution in [0.15, 0.2) is 22.7 Å². The molecule has 2 aromatic rings. The molecule has 0 amide bonds. The number of hydrogen-bond donors (Lipinski definition) is 1. The minimum atomic E-state index is -0.306. The molecule has 0 aliphatic carbocycles. The molecule has 0 fully saturated rings. The molecule has 0 saturated heterocycles. The third-order valence-electron chi connectivity index (χ3n) is 3.50.